The van der Waals surface area contributed by atoms with Gasteiger partial charge in [0.2, 0.25) is 5.91 Å². The number of aromatic hydroxyl groups is 2. The lowest BCUT2D eigenvalue weighted by molar-refractivity contribution is -0.116. The van der Waals surface area contributed by atoms with Gasteiger partial charge < -0.3 is 40.0 Å². The first-order chi connectivity index (χ1) is 17.8. The van der Waals surface area contributed by atoms with E-state index in [-0.39, 0.29) is 23.2 Å². The number of rotatable bonds is 12. The summed E-state index contributed by atoms with van der Waals surface area (Å²) in [7, 11) is 2.86. The quantitative estimate of drug-likeness (QED) is 0.235. The van der Waals surface area contributed by atoms with Crippen LogP contribution in [0.5, 0.6) is 28.7 Å². The molecule has 9 heteroatoms. The molecule has 0 bridgehead atoms. The van der Waals surface area contributed by atoms with Crippen LogP contribution in [0.1, 0.15) is 22.8 Å². The Morgan fingerprint density at radius 2 is 1.68 bits per heavy atom. The van der Waals surface area contributed by atoms with Crippen molar-refractivity contribution in [2.24, 2.45) is 0 Å². The van der Waals surface area contributed by atoms with Crippen molar-refractivity contribution in [2.75, 3.05) is 27.4 Å². The minimum absolute atomic E-state index is 0.0729. The van der Waals surface area contributed by atoms with E-state index in [4.69, 9.17) is 14.2 Å². The molecule has 3 aromatic carbocycles. The molecule has 0 heterocycles. The molecule has 0 spiro atoms. The SMILES string of the molecule is COc1cc([C@@H](O)[C@@H](CO)Oc2ccc(/C=C/C(=O)NCCc3ccc(O)cc3)cc2OC)ccc1O. The Hall–Kier alpha value is -4.21. The lowest BCUT2D eigenvalue weighted by Crippen LogP contribution is -2.29. The fourth-order valence-electron chi connectivity index (χ4n) is 3.57. The number of hydrogen-bond donors (Lipinski definition) is 5. The standard InChI is InChI=1S/C28H31NO8/c1-35-24-16-20(7-10-22(24)32)28(34)26(17-30)37-23-11-5-19(15-25(23)36-2)6-12-27(33)29-14-13-18-3-8-21(31)9-4-18/h3-12,15-16,26,28,30-32,34H,13-14,17H2,1-2H3,(H,29,33)/b12-6+/t26-,28-/m1/s1. The van der Waals surface area contributed by atoms with Gasteiger partial charge >= 0.3 is 0 Å². The van der Waals surface area contributed by atoms with E-state index in [1.807, 2.05) is 0 Å². The molecule has 2 atom stereocenters. The van der Waals surface area contributed by atoms with Crippen LogP contribution in [0, 0.1) is 0 Å². The van der Waals surface area contributed by atoms with Crippen LogP contribution >= 0.6 is 0 Å². The molecule has 9 nitrogen and oxygen atoms in total. The molecule has 0 aliphatic rings. The van der Waals surface area contributed by atoms with Crippen LogP contribution in [0.25, 0.3) is 6.08 Å². The van der Waals surface area contributed by atoms with Crippen LogP contribution in [0.2, 0.25) is 0 Å². The van der Waals surface area contributed by atoms with E-state index >= 15 is 0 Å². The van der Waals surface area contributed by atoms with E-state index < -0.39 is 18.8 Å². The summed E-state index contributed by atoms with van der Waals surface area (Å²) in [5, 5.41) is 42.5. The number of hydrogen-bond acceptors (Lipinski definition) is 8. The number of methoxy groups -OCH3 is 2. The van der Waals surface area contributed by atoms with Crippen LogP contribution in [-0.2, 0) is 11.2 Å². The van der Waals surface area contributed by atoms with Gasteiger partial charge in [-0.2, -0.15) is 0 Å². The minimum Gasteiger partial charge on any atom is -0.508 e. The summed E-state index contributed by atoms with van der Waals surface area (Å²) in [5.74, 6) is 0.697. The first-order valence-electron chi connectivity index (χ1n) is 11.6. The van der Waals surface area contributed by atoms with Gasteiger partial charge in [-0.3, -0.25) is 4.79 Å². The fourth-order valence-corrected chi connectivity index (χ4v) is 3.57. The normalized spacial score (nSPS) is 12.6. The largest absolute Gasteiger partial charge is 0.508 e. The highest BCUT2D eigenvalue weighted by Gasteiger charge is 2.24. The van der Waals surface area contributed by atoms with Gasteiger partial charge in [0.1, 0.15) is 11.9 Å². The number of ether oxygens (including phenoxy) is 3. The Morgan fingerprint density at radius 3 is 2.35 bits per heavy atom. The average Bonchev–Trinajstić information content (AvgIpc) is 2.91. The Kier molecular flexibility index (Phi) is 9.76. The van der Waals surface area contributed by atoms with Gasteiger partial charge in [0.05, 0.1) is 20.8 Å². The van der Waals surface area contributed by atoms with Crippen molar-refractivity contribution in [2.45, 2.75) is 18.6 Å². The van der Waals surface area contributed by atoms with Crippen molar-refractivity contribution in [3.8, 4) is 28.7 Å². The van der Waals surface area contributed by atoms with Gasteiger partial charge in [-0.15, -0.1) is 0 Å². The first kappa shape index (κ1) is 27.4. The minimum atomic E-state index is -1.21. The van der Waals surface area contributed by atoms with Crippen LogP contribution in [0.3, 0.4) is 0 Å². The topological polar surface area (TPSA) is 138 Å². The van der Waals surface area contributed by atoms with E-state index in [1.54, 1.807) is 48.5 Å². The van der Waals surface area contributed by atoms with E-state index in [9.17, 15) is 25.2 Å². The molecule has 0 radical (unpaired) electrons. The van der Waals surface area contributed by atoms with Crippen LogP contribution < -0.4 is 19.5 Å². The lowest BCUT2D eigenvalue weighted by Gasteiger charge is -2.24. The lowest BCUT2D eigenvalue weighted by atomic mass is 10.0. The summed E-state index contributed by atoms with van der Waals surface area (Å²) >= 11 is 0. The molecule has 1 amide bonds. The maximum Gasteiger partial charge on any atom is 0.244 e. The molecule has 3 aromatic rings. The van der Waals surface area contributed by atoms with Gasteiger partial charge in [-0.1, -0.05) is 24.3 Å². The van der Waals surface area contributed by atoms with Crippen molar-refractivity contribution in [3.63, 3.8) is 0 Å². The van der Waals surface area contributed by atoms with Crippen molar-refractivity contribution >= 4 is 12.0 Å². The third-order valence-corrected chi connectivity index (χ3v) is 5.62. The van der Waals surface area contributed by atoms with Crippen molar-refractivity contribution in [1.82, 2.24) is 5.32 Å². The van der Waals surface area contributed by atoms with Gasteiger partial charge in [0, 0.05) is 12.6 Å². The third-order valence-electron chi connectivity index (χ3n) is 5.62. The number of nitrogens with one attached hydrogen (secondary N) is 1. The molecule has 0 saturated carbocycles. The predicted octanol–water partition coefficient (Wildman–Crippen LogP) is 2.96. The Morgan fingerprint density at radius 1 is 0.946 bits per heavy atom. The Balaban J connectivity index is 1.62. The van der Waals surface area contributed by atoms with Crippen molar-refractivity contribution in [1.29, 1.82) is 0 Å². The fraction of sp³-hybridized carbons (Fsp3) is 0.250. The molecule has 5 N–H and O–H groups in total. The number of aliphatic hydroxyl groups is 2. The summed E-state index contributed by atoms with van der Waals surface area (Å²) < 4.78 is 16.3. The van der Waals surface area contributed by atoms with Crippen LogP contribution in [0.4, 0.5) is 0 Å². The van der Waals surface area contributed by atoms with Crippen LogP contribution in [-0.4, -0.2) is 59.8 Å². The van der Waals surface area contributed by atoms with Gasteiger partial charge in [-0.05, 0) is 65.6 Å². The second kappa shape index (κ2) is 13.2. The Bertz CT molecular complexity index is 1210. The Labute approximate surface area is 215 Å². The summed E-state index contributed by atoms with van der Waals surface area (Å²) in [6, 6.07) is 16.2. The van der Waals surface area contributed by atoms with E-state index in [0.29, 0.717) is 35.6 Å². The third kappa shape index (κ3) is 7.63. The number of benzene rings is 3. The molecule has 0 fully saturated rings. The molecule has 37 heavy (non-hydrogen) atoms. The molecule has 3 rings (SSSR count). The number of aliphatic hydroxyl groups excluding tert-OH is 2. The molecule has 0 aliphatic heterocycles. The van der Waals surface area contributed by atoms with Crippen LogP contribution in [0.15, 0.2) is 66.7 Å². The molecule has 0 aliphatic carbocycles. The maximum absolute atomic E-state index is 12.2. The van der Waals surface area contributed by atoms with Crippen molar-refractivity contribution < 1.29 is 39.4 Å². The molecule has 0 saturated heterocycles. The second-order valence-electron chi connectivity index (χ2n) is 8.17. The highest BCUT2D eigenvalue weighted by molar-refractivity contribution is 5.91. The van der Waals surface area contributed by atoms with E-state index in [2.05, 4.69) is 5.32 Å². The zero-order chi connectivity index (χ0) is 26.8. The summed E-state index contributed by atoms with van der Waals surface area (Å²) in [6.45, 7) is -0.0404. The smallest absolute Gasteiger partial charge is 0.244 e. The predicted molar refractivity (Wildman–Crippen MR) is 138 cm³/mol. The number of carbonyl (C=O) groups excluding carboxylic acids is 1. The zero-order valence-electron chi connectivity index (χ0n) is 20.6. The highest BCUT2D eigenvalue weighted by Crippen LogP contribution is 2.34. The second-order valence-corrected chi connectivity index (χ2v) is 8.17. The average molecular weight is 510 g/mol. The highest BCUT2D eigenvalue weighted by atomic mass is 16.5. The maximum atomic E-state index is 12.2. The zero-order valence-corrected chi connectivity index (χ0v) is 20.6. The first-order valence-corrected chi connectivity index (χ1v) is 11.6. The summed E-state index contributed by atoms with van der Waals surface area (Å²) in [5.41, 5.74) is 2.07. The molecule has 0 unspecified atom stereocenters. The number of carbonyl (C=O) groups is 1. The summed E-state index contributed by atoms with van der Waals surface area (Å²) in [6.07, 6.45) is 1.43. The van der Waals surface area contributed by atoms with Gasteiger partial charge in [0.25, 0.3) is 0 Å². The van der Waals surface area contributed by atoms with E-state index in [1.165, 1.54) is 38.5 Å². The number of amides is 1. The van der Waals surface area contributed by atoms with E-state index in [0.717, 1.165) is 5.56 Å². The van der Waals surface area contributed by atoms with Gasteiger partial charge in [0.15, 0.2) is 29.1 Å². The molecule has 0 aromatic heterocycles. The number of phenols is 2. The summed E-state index contributed by atoms with van der Waals surface area (Å²) in [4.78, 5) is 12.2. The molecule has 196 valence electrons. The number of phenolic OH excluding ortho intramolecular Hbond substituents is 2. The molecular formula is C28H31NO8. The monoisotopic (exact) mass is 509 g/mol. The van der Waals surface area contributed by atoms with Crippen molar-refractivity contribution in [3.05, 3.63) is 83.4 Å². The molecular weight excluding hydrogens is 478 g/mol. The van der Waals surface area contributed by atoms with Gasteiger partial charge in [-0.25, -0.2) is 0 Å².